The van der Waals surface area contributed by atoms with E-state index >= 15 is 0 Å². The van der Waals surface area contributed by atoms with Gasteiger partial charge in [-0.15, -0.1) is 0 Å². The van der Waals surface area contributed by atoms with E-state index in [1.54, 1.807) is 6.20 Å². The van der Waals surface area contributed by atoms with Gasteiger partial charge < -0.3 is 10.2 Å². The van der Waals surface area contributed by atoms with Crippen LogP contribution in [0, 0.1) is 11.6 Å². The smallest absolute Gasteiger partial charge is 0.278 e. The normalized spacial score (nSPS) is 14.1. The molecule has 0 amide bonds. The SMILES string of the molecule is O=c1c(-c2cc(F)cc(F)c2)nc2cnc(N3CCNCC3)nc2n1CCc1ccccc1. The predicted octanol–water partition coefficient (Wildman–Crippen LogP) is 2.78. The number of fused-ring (bicyclic) bond motifs is 1. The van der Waals surface area contributed by atoms with E-state index in [0.717, 1.165) is 49.9 Å². The Bertz CT molecular complexity index is 1330. The van der Waals surface area contributed by atoms with Gasteiger partial charge in [-0.1, -0.05) is 30.3 Å². The van der Waals surface area contributed by atoms with Crippen molar-refractivity contribution in [3.63, 3.8) is 0 Å². The Hall–Kier alpha value is -3.72. The molecular formula is C24H22F2N6O. The zero-order chi connectivity index (χ0) is 22.8. The summed E-state index contributed by atoms with van der Waals surface area (Å²) in [6, 6.07) is 12.8. The van der Waals surface area contributed by atoms with E-state index in [-0.39, 0.29) is 11.3 Å². The molecule has 0 atom stereocenters. The molecule has 1 fully saturated rings. The minimum absolute atomic E-state index is 0.0347. The maximum Gasteiger partial charge on any atom is 0.278 e. The Labute approximate surface area is 188 Å². The molecule has 1 aliphatic rings. The first kappa shape index (κ1) is 21.1. The van der Waals surface area contributed by atoms with E-state index in [1.165, 1.54) is 4.57 Å². The van der Waals surface area contributed by atoms with Gasteiger partial charge in [0.25, 0.3) is 5.56 Å². The summed E-state index contributed by atoms with van der Waals surface area (Å²) in [5.74, 6) is -1.01. The molecule has 2 aromatic heterocycles. The molecule has 1 saturated heterocycles. The summed E-state index contributed by atoms with van der Waals surface area (Å²) >= 11 is 0. The molecule has 7 nitrogen and oxygen atoms in total. The monoisotopic (exact) mass is 448 g/mol. The van der Waals surface area contributed by atoms with E-state index in [0.29, 0.717) is 30.1 Å². The number of nitrogens with one attached hydrogen (secondary N) is 1. The van der Waals surface area contributed by atoms with Crippen molar-refractivity contribution in [3.05, 3.63) is 82.3 Å². The van der Waals surface area contributed by atoms with Crippen LogP contribution in [0.4, 0.5) is 14.7 Å². The quantitative estimate of drug-likeness (QED) is 0.506. The van der Waals surface area contributed by atoms with Crippen LogP contribution in [0.15, 0.2) is 59.5 Å². The molecule has 0 radical (unpaired) electrons. The summed E-state index contributed by atoms with van der Waals surface area (Å²) in [5, 5.41) is 3.29. The first-order chi connectivity index (χ1) is 16.1. The number of rotatable bonds is 5. The third-order valence-corrected chi connectivity index (χ3v) is 5.68. The van der Waals surface area contributed by atoms with Gasteiger partial charge in [-0.2, -0.15) is 4.98 Å². The van der Waals surface area contributed by atoms with Crippen molar-refractivity contribution in [1.29, 1.82) is 0 Å². The summed E-state index contributed by atoms with van der Waals surface area (Å²) in [6.07, 6.45) is 2.15. The van der Waals surface area contributed by atoms with Gasteiger partial charge in [0.05, 0.1) is 6.20 Å². The van der Waals surface area contributed by atoms with Crippen molar-refractivity contribution in [3.8, 4) is 11.3 Å². The van der Waals surface area contributed by atoms with Gasteiger partial charge in [0.15, 0.2) is 5.65 Å². The molecular weight excluding hydrogens is 426 g/mol. The maximum absolute atomic E-state index is 13.9. The van der Waals surface area contributed by atoms with Gasteiger partial charge in [0, 0.05) is 44.4 Å². The van der Waals surface area contributed by atoms with Crippen LogP contribution in [0.25, 0.3) is 22.4 Å². The Balaban J connectivity index is 1.64. The van der Waals surface area contributed by atoms with Gasteiger partial charge in [-0.05, 0) is 24.1 Å². The zero-order valence-electron chi connectivity index (χ0n) is 17.8. The second kappa shape index (κ2) is 9.03. The predicted molar refractivity (Wildman–Crippen MR) is 122 cm³/mol. The van der Waals surface area contributed by atoms with Crippen molar-refractivity contribution >= 4 is 17.1 Å². The van der Waals surface area contributed by atoms with Crippen molar-refractivity contribution < 1.29 is 8.78 Å². The first-order valence-corrected chi connectivity index (χ1v) is 10.8. The Kier molecular flexibility index (Phi) is 5.78. The molecule has 5 rings (SSSR count). The lowest BCUT2D eigenvalue weighted by Gasteiger charge is -2.27. The van der Waals surface area contributed by atoms with E-state index < -0.39 is 17.2 Å². The van der Waals surface area contributed by atoms with Gasteiger partial charge in [0.1, 0.15) is 22.8 Å². The third kappa shape index (κ3) is 4.45. The number of aryl methyl sites for hydroxylation is 2. The average Bonchev–Trinajstić information content (AvgIpc) is 2.83. The standard InChI is InChI=1S/C24H22F2N6O/c25-18-12-17(13-19(26)14-18)21-23(33)32(9-6-16-4-2-1-3-5-16)22-20(29-21)15-28-24(30-22)31-10-7-27-8-11-31/h1-5,12-15,27H,6-11H2. The van der Waals surface area contributed by atoms with Crippen LogP contribution in [0.2, 0.25) is 0 Å². The Morgan fingerprint density at radius 1 is 0.970 bits per heavy atom. The number of halogens is 2. The largest absolute Gasteiger partial charge is 0.338 e. The van der Waals surface area contributed by atoms with E-state index in [9.17, 15) is 13.6 Å². The molecule has 1 aliphatic heterocycles. The highest BCUT2D eigenvalue weighted by Crippen LogP contribution is 2.21. The summed E-state index contributed by atoms with van der Waals surface area (Å²) < 4.78 is 29.3. The molecule has 168 valence electrons. The molecule has 9 heteroatoms. The Morgan fingerprint density at radius 2 is 1.70 bits per heavy atom. The number of hydrogen-bond donors (Lipinski definition) is 1. The van der Waals surface area contributed by atoms with Crippen LogP contribution in [0.3, 0.4) is 0 Å². The van der Waals surface area contributed by atoms with Crippen molar-refractivity contribution in [1.82, 2.24) is 24.8 Å². The molecule has 0 spiro atoms. The first-order valence-electron chi connectivity index (χ1n) is 10.8. The minimum atomic E-state index is -0.771. The topological polar surface area (TPSA) is 75.9 Å². The zero-order valence-corrected chi connectivity index (χ0v) is 17.8. The fourth-order valence-corrected chi connectivity index (χ4v) is 4.02. The van der Waals surface area contributed by atoms with E-state index in [1.807, 2.05) is 30.3 Å². The second-order valence-corrected chi connectivity index (χ2v) is 7.93. The van der Waals surface area contributed by atoms with Crippen LogP contribution in [-0.2, 0) is 13.0 Å². The number of piperazine rings is 1. The van der Waals surface area contributed by atoms with Gasteiger partial charge in [0.2, 0.25) is 5.95 Å². The molecule has 0 aliphatic carbocycles. The van der Waals surface area contributed by atoms with Crippen molar-refractivity contribution in [2.45, 2.75) is 13.0 Å². The lowest BCUT2D eigenvalue weighted by Crippen LogP contribution is -2.44. The third-order valence-electron chi connectivity index (χ3n) is 5.68. The van der Waals surface area contributed by atoms with E-state index in [4.69, 9.17) is 0 Å². The maximum atomic E-state index is 13.9. The number of hydrogen-bond acceptors (Lipinski definition) is 6. The highest BCUT2D eigenvalue weighted by Gasteiger charge is 2.19. The van der Waals surface area contributed by atoms with Crippen LogP contribution in [-0.4, -0.2) is 45.7 Å². The van der Waals surface area contributed by atoms with Crippen LogP contribution < -0.4 is 15.8 Å². The van der Waals surface area contributed by atoms with Gasteiger partial charge >= 0.3 is 0 Å². The van der Waals surface area contributed by atoms with E-state index in [2.05, 4.69) is 25.2 Å². The molecule has 0 unspecified atom stereocenters. The van der Waals surface area contributed by atoms with Gasteiger partial charge in [-0.25, -0.2) is 18.7 Å². The highest BCUT2D eigenvalue weighted by atomic mass is 19.1. The van der Waals surface area contributed by atoms with Crippen molar-refractivity contribution in [2.24, 2.45) is 0 Å². The molecule has 0 bridgehead atoms. The average molecular weight is 448 g/mol. The fourth-order valence-electron chi connectivity index (χ4n) is 4.02. The second-order valence-electron chi connectivity index (χ2n) is 7.93. The van der Waals surface area contributed by atoms with Crippen LogP contribution >= 0.6 is 0 Å². The molecule has 4 aromatic rings. The highest BCUT2D eigenvalue weighted by molar-refractivity contribution is 5.74. The van der Waals surface area contributed by atoms with Crippen LogP contribution in [0.1, 0.15) is 5.56 Å². The molecule has 1 N–H and O–H groups in total. The summed E-state index contributed by atoms with van der Waals surface area (Å²) in [4.78, 5) is 29.1. The lowest BCUT2D eigenvalue weighted by atomic mass is 10.1. The Morgan fingerprint density at radius 3 is 2.42 bits per heavy atom. The number of anilines is 1. The molecule has 2 aromatic carbocycles. The number of aromatic nitrogens is 4. The molecule has 33 heavy (non-hydrogen) atoms. The summed E-state index contributed by atoms with van der Waals surface area (Å²) in [7, 11) is 0. The molecule has 3 heterocycles. The minimum Gasteiger partial charge on any atom is -0.338 e. The van der Waals surface area contributed by atoms with Gasteiger partial charge in [-0.3, -0.25) is 9.36 Å². The molecule has 0 saturated carbocycles. The van der Waals surface area contributed by atoms with Crippen molar-refractivity contribution in [2.75, 3.05) is 31.1 Å². The lowest BCUT2D eigenvalue weighted by molar-refractivity contribution is 0.579. The number of benzene rings is 2. The number of nitrogens with zero attached hydrogens (tertiary/aromatic N) is 5. The van der Waals surface area contributed by atoms with Crippen LogP contribution in [0.5, 0.6) is 0 Å². The summed E-state index contributed by atoms with van der Waals surface area (Å²) in [5.41, 5.74) is 1.45. The fraction of sp³-hybridized carbons (Fsp3) is 0.250. The summed E-state index contributed by atoms with van der Waals surface area (Å²) in [6.45, 7) is 3.50.